The van der Waals surface area contributed by atoms with Crippen LogP contribution in [-0.2, 0) is 14.3 Å². The third-order valence-electron chi connectivity index (χ3n) is 4.31. The second-order valence-electron chi connectivity index (χ2n) is 6.43. The molecule has 1 heterocycles. The van der Waals surface area contributed by atoms with Gasteiger partial charge in [0, 0.05) is 19.6 Å². The highest BCUT2D eigenvalue weighted by molar-refractivity contribution is 5.49. The zero-order chi connectivity index (χ0) is 15.2. The van der Waals surface area contributed by atoms with Crippen molar-refractivity contribution in [3.63, 3.8) is 0 Å². The number of carbonyl (C=O) groups excluding carboxylic acids is 1. The molecule has 0 bridgehead atoms. The fourth-order valence-corrected chi connectivity index (χ4v) is 2.86. The van der Waals surface area contributed by atoms with Gasteiger partial charge in [0.1, 0.15) is 6.29 Å². The first kappa shape index (κ1) is 18.6. The summed E-state index contributed by atoms with van der Waals surface area (Å²) in [6.07, 6.45) is 15.4. The van der Waals surface area contributed by atoms with Gasteiger partial charge in [0.15, 0.2) is 6.29 Å². The number of hydrogen-bond acceptors (Lipinski definition) is 3. The summed E-state index contributed by atoms with van der Waals surface area (Å²) in [6.45, 7) is 3.98. The van der Waals surface area contributed by atoms with Crippen molar-refractivity contribution >= 4 is 6.29 Å². The Balaban J connectivity index is 1.77. The number of carbonyl (C=O) groups is 1. The summed E-state index contributed by atoms with van der Waals surface area (Å²) in [4.78, 5) is 10.3. The lowest BCUT2D eigenvalue weighted by Crippen LogP contribution is -2.22. The topological polar surface area (TPSA) is 35.5 Å². The molecule has 0 N–H and O–H groups in total. The monoisotopic (exact) mass is 298 g/mol. The van der Waals surface area contributed by atoms with Gasteiger partial charge in [0.2, 0.25) is 0 Å². The summed E-state index contributed by atoms with van der Waals surface area (Å²) >= 11 is 0. The lowest BCUT2D eigenvalue weighted by molar-refractivity contribution is -0.162. The van der Waals surface area contributed by atoms with E-state index in [2.05, 4.69) is 6.92 Å². The standard InChI is InChI=1S/C18H34O3/c1-17(12-10-14-19)11-6-4-2-3-5-8-15-20-18-13-7-9-16-21-18/h14,17-18H,2-13,15-16H2,1H3/t17-,18?/m1/s1. The molecule has 1 unspecified atom stereocenters. The van der Waals surface area contributed by atoms with Crippen LogP contribution in [0.2, 0.25) is 0 Å². The maximum absolute atomic E-state index is 10.3. The molecule has 0 aromatic rings. The van der Waals surface area contributed by atoms with E-state index in [1.54, 1.807) is 0 Å². The Bertz CT molecular complexity index is 237. The molecule has 0 radical (unpaired) electrons. The van der Waals surface area contributed by atoms with E-state index in [1.165, 1.54) is 51.4 Å². The molecule has 1 aliphatic rings. The van der Waals surface area contributed by atoms with Gasteiger partial charge in [-0.05, 0) is 38.0 Å². The minimum atomic E-state index is 0.0756. The largest absolute Gasteiger partial charge is 0.353 e. The minimum Gasteiger partial charge on any atom is -0.353 e. The fourth-order valence-electron chi connectivity index (χ4n) is 2.86. The average Bonchev–Trinajstić information content (AvgIpc) is 2.52. The SMILES string of the molecule is C[C@@H](CCC=O)CCCCCCCCOC1CCCCO1. The fraction of sp³-hybridized carbons (Fsp3) is 0.944. The third kappa shape index (κ3) is 10.9. The molecule has 1 aliphatic heterocycles. The summed E-state index contributed by atoms with van der Waals surface area (Å²) in [5, 5.41) is 0. The van der Waals surface area contributed by atoms with Gasteiger partial charge in [-0.3, -0.25) is 0 Å². The second kappa shape index (κ2) is 13.3. The zero-order valence-corrected chi connectivity index (χ0v) is 13.9. The Labute approximate surface area is 130 Å². The highest BCUT2D eigenvalue weighted by Crippen LogP contribution is 2.16. The van der Waals surface area contributed by atoms with Crippen LogP contribution in [0.5, 0.6) is 0 Å². The van der Waals surface area contributed by atoms with Crippen LogP contribution in [0, 0.1) is 5.92 Å². The highest BCUT2D eigenvalue weighted by atomic mass is 16.7. The zero-order valence-electron chi connectivity index (χ0n) is 13.9. The van der Waals surface area contributed by atoms with E-state index in [0.717, 1.165) is 45.2 Å². The summed E-state index contributed by atoms with van der Waals surface area (Å²) in [6, 6.07) is 0. The van der Waals surface area contributed by atoms with Gasteiger partial charge in [0.25, 0.3) is 0 Å². The first-order valence-electron chi connectivity index (χ1n) is 8.99. The van der Waals surface area contributed by atoms with Gasteiger partial charge in [-0.2, -0.15) is 0 Å². The molecule has 0 aromatic heterocycles. The molecule has 3 nitrogen and oxygen atoms in total. The Kier molecular flexibility index (Phi) is 11.8. The molecule has 2 atom stereocenters. The maximum atomic E-state index is 10.3. The second-order valence-corrected chi connectivity index (χ2v) is 6.43. The van der Waals surface area contributed by atoms with E-state index in [-0.39, 0.29) is 6.29 Å². The summed E-state index contributed by atoms with van der Waals surface area (Å²) in [7, 11) is 0. The lowest BCUT2D eigenvalue weighted by atomic mass is 9.98. The Morgan fingerprint density at radius 2 is 1.86 bits per heavy atom. The highest BCUT2D eigenvalue weighted by Gasteiger charge is 2.13. The van der Waals surface area contributed by atoms with Gasteiger partial charge in [-0.15, -0.1) is 0 Å². The van der Waals surface area contributed by atoms with Crippen molar-refractivity contribution in [1.82, 2.24) is 0 Å². The molecule has 1 fully saturated rings. The molecule has 0 spiro atoms. The molecule has 0 amide bonds. The van der Waals surface area contributed by atoms with Gasteiger partial charge in [0.05, 0.1) is 0 Å². The van der Waals surface area contributed by atoms with Crippen LogP contribution in [0.1, 0.15) is 84.0 Å². The van der Waals surface area contributed by atoms with Crippen molar-refractivity contribution in [3.8, 4) is 0 Å². The summed E-state index contributed by atoms with van der Waals surface area (Å²) in [5.41, 5.74) is 0. The molecule has 124 valence electrons. The summed E-state index contributed by atoms with van der Waals surface area (Å²) < 4.78 is 11.3. The lowest BCUT2D eigenvalue weighted by Gasteiger charge is -2.22. The van der Waals surface area contributed by atoms with Crippen molar-refractivity contribution in [1.29, 1.82) is 0 Å². The van der Waals surface area contributed by atoms with Crippen molar-refractivity contribution < 1.29 is 14.3 Å². The van der Waals surface area contributed by atoms with E-state index >= 15 is 0 Å². The van der Waals surface area contributed by atoms with Gasteiger partial charge in [-0.1, -0.05) is 45.4 Å². The molecule has 21 heavy (non-hydrogen) atoms. The molecule has 0 saturated carbocycles. The molecule has 1 saturated heterocycles. The predicted octanol–water partition coefficient (Wildman–Crippen LogP) is 4.88. The minimum absolute atomic E-state index is 0.0756. The number of aldehydes is 1. The third-order valence-corrected chi connectivity index (χ3v) is 4.31. The quantitative estimate of drug-likeness (QED) is 0.359. The van der Waals surface area contributed by atoms with E-state index in [9.17, 15) is 4.79 Å². The molecular formula is C18H34O3. The Morgan fingerprint density at radius 3 is 2.57 bits per heavy atom. The number of ether oxygens (including phenoxy) is 2. The van der Waals surface area contributed by atoms with Crippen molar-refractivity contribution in [3.05, 3.63) is 0 Å². The van der Waals surface area contributed by atoms with Crippen LogP contribution in [0.4, 0.5) is 0 Å². The van der Waals surface area contributed by atoms with Crippen LogP contribution >= 0.6 is 0 Å². The number of unbranched alkanes of at least 4 members (excludes halogenated alkanes) is 5. The first-order valence-corrected chi connectivity index (χ1v) is 8.99. The van der Waals surface area contributed by atoms with Crippen molar-refractivity contribution in [2.45, 2.75) is 90.3 Å². The van der Waals surface area contributed by atoms with Crippen LogP contribution in [0.15, 0.2) is 0 Å². The predicted molar refractivity (Wildman–Crippen MR) is 86.3 cm³/mol. The smallest absolute Gasteiger partial charge is 0.157 e. The van der Waals surface area contributed by atoms with E-state index < -0.39 is 0 Å². The van der Waals surface area contributed by atoms with E-state index in [1.807, 2.05) is 0 Å². The van der Waals surface area contributed by atoms with Gasteiger partial charge < -0.3 is 14.3 Å². The first-order chi connectivity index (χ1) is 10.3. The van der Waals surface area contributed by atoms with E-state index in [0.29, 0.717) is 5.92 Å². The average molecular weight is 298 g/mol. The molecule has 0 aromatic carbocycles. The summed E-state index contributed by atoms with van der Waals surface area (Å²) in [5.74, 6) is 0.707. The molecule has 0 aliphatic carbocycles. The van der Waals surface area contributed by atoms with Crippen molar-refractivity contribution in [2.75, 3.05) is 13.2 Å². The number of rotatable bonds is 13. The molecule has 3 heteroatoms. The number of hydrogen-bond donors (Lipinski definition) is 0. The van der Waals surface area contributed by atoms with Crippen molar-refractivity contribution in [2.24, 2.45) is 5.92 Å². The molecule has 1 rings (SSSR count). The van der Waals surface area contributed by atoms with Crippen LogP contribution in [0.3, 0.4) is 0 Å². The maximum Gasteiger partial charge on any atom is 0.157 e. The van der Waals surface area contributed by atoms with Crippen LogP contribution < -0.4 is 0 Å². The van der Waals surface area contributed by atoms with E-state index in [4.69, 9.17) is 9.47 Å². The normalized spacial score (nSPS) is 20.3. The van der Waals surface area contributed by atoms with Crippen LogP contribution in [0.25, 0.3) is 0 Å². The Morgan fingerprint density at radius 1 is 1.10 bits per heavy atom. The van der Waals surface area contributed by atoms with Gasteiger partial charge in [-0.25, -0.2) is 0 Å². The van der Waals surface area contributed by atoms with Gasteiger partial charge >= 0.3 is 0 Å². The Hall–Kier alpha value is -0.410. The van der Waals surface area contributed by atoms with Crippen LogP contribution in [-0.4, -0.2) is 25.8 Å². The molecular weight excluding hydrogens is 264 g/mol.